The molecule has 108 valence electrons. The Labute approximate surface area is 116 Å². The summed E-state index contributed by atoms with van der Waals surface area (Å²) in [6.07, 6.45) is 3.15. The van der Waals surface area contributed by atoms with Crippen LogP contribution in [0.5, 0.6) is 0 Å². The molecule has 1 saturated heterocycles. The van der Waals surface area contributed by atoms with E-state index >= 15 is 0 Å². The van der Waals surface area contributed by atoms with Gasteiger partial charge >= 0.3 is 0 Å². The first-order valence-corrected chi connectivity index (χ1v) is 6.69. The fraction of sp³-hybridized carbons (Fsp3) is 0.429. The first-order chi connectivity index (χ1) is 9.58. The van der Waals surface area contributed by atoms with E-state index in [1.54, 1.807) is 4.90 Å². The number of nitrogens with one attached hydrogen (secondary N) is 1. The topological polar surface area (TPSA) is 75.4 Å². The first-order valence-electron chi connectivity index (χ1n) is 6.69. The van der Waals surface area contributed by atoms with Gasteiger partial charge in [-0.25, -0.2) is 4.39 Å². The highest BCUT2D eigenvalue weighted by Crippen LogP contribution is 2.12. The van der Waals surface area contributed by atoms with E-state index in [0.717, 1.165) is 38.4 Å². The van der Waals surface area contributed by atoms with Crippen molar-refractivity contribution in [1.29, 1.82) is 0 Å². The molecule has 1 aromatic rings. The highest BCUT2D eigenvalue weighted by atomic mass is 19.1. The van der Waals surface area contributed by atoms with Crippen LogP contribution in [0, 0.1) is 5.82 Å². The lowest BCUT2D eigenvalue weighted by Crippen LogP contribution is -2.42. The smallest absolute Gasteiger partial charge is 0.251 e. The summed E-state index contributed by atoms with van der Waals surface area (Å²) in [5.74, 6) is -1.22. The van der Waals surface area contributed by atoms with Crippen LogP contribution in [0.15, 0.2) is 18.2 Å². The predicted molar refractivity (Wildman–Crippen MR) is 73.6 cm³/mol. The molecule has 1 heterocycles. The lowest BCUT2D eigenvalue weighted by Gasteiger charge is -2.26. The molecule has 2 amide bonds. The van der Waals surface area contributed by atoms with Crippen molar-refractivity contribution in [1.82, 2.24) is 10.2 Å². The summed E-state index contributed by atoms with van der Waals surface area (Å²) in [5.41, 5.74) is 5.49. The number of halogens is 1. The third kappa shape index (κ3) is 3.46. The number of anilines is 1. The predicted octanol–water partition coefficient (Wildman–Crippen LogP) is 1.15. The van der Waals surface area contributed by atoms with Gasteiger partial charge in [0.05, 0.1) is 12.2 Å². The van der Waals surface area contributed by atoms with Gasteiger partial charge in [0.25, 0.3) is 5.91 Å². The van der Waals surface area contributed by atoms with Crippen LogP contribution in [0.2, 0.25) is 0 Å². The van der Waals surface area contributed by atoms with Gasteiger partial charge in [0.2, 0.25) is 5.91 Å². The number of carbonyl (C=O) groups excluding carboxylic acids is 2. The van der Waals surface area contributed by atoms with Crippen molar-refractivity contribution in [3.63, 3.8) is 0 Å². The number of benzene rings is 1. The van der Waals surface area contributed by atoms with Crippen LogP contribution >= 0.6 is 0 Å². The average molecular weight is 279 g/mol. The molecule has 0 atom stereocenters. The van der Waals surface area contributed by atoms with Crippen LogP contribution in [0.4, 0.5) is 10.1 Å². The van der Waals surface area contributed by atoms with Gasteiger partial charge in [-0.1, -0.05) is 0 Å². The Morgan fingerprint density at radius 1 is 1.25 bits per heavy atom. The molecule has 0 saturated carbocycles. The van der Waals surface area contributed by atoms with Crippen molar-refractivity contribution in [2.75, 3.05) is 25.4 Å². The van der Waals surface area contributed by atoms with Crippen LogP contribution in [0.1, 0.15) is 29.6 Å². The number of nitrogens with zero attached hydrogens (tertiary/aromatic N) is 1. The van der Waals surface area contributed by atoms with Crippen molar-refractivity contribution in [2.45, 2.75) is 19.3 Å². The molecule has 0 aromatic heterocycles. The summed E-state index contributed by atoms with van der Waals surface area (Å²) in [6.45, 7) is 1.42. The van der Waals surface area contributed by atoms with Crippen molar-refractivity contribution < 1.29 is 14.0 Å². The molecule has 1 aromatic carbocycles. The van der Waals surface area contributed by atoms with Gasteiger partial charge in [-0.2, -0.15) is 0 Å². The van der Waals surface area contributed by atoms with Crippen molar-refractivity contribution in [3.8, 4) is 0 Å². The normalized spacial score (nSPS) is 14.9. The number of carbonyl (C=O) groups is 2. The third-order valence-electron chi connectivity index (χ3n) is 3.37. The number of hydrogen-bond acceptors (Lipinski definition) is 3. The van der Waals surface area contributed by atoms with Gasteiger partial charge in [-0.15, -0.1) is 0 Å². The fourth-order valence-electron chi connectivity index (χ4n) is 2.18. The summed E-state index contributed by atoms with van der Waals surface area (Å²) in [7, 11) is 0. The van der Waals surface area contributed by atoms with Crippen LogP contribution in [-0.2, 0) is 4.79 Å². The van der Waals surface area contributed by atoms with E-state index in [1.807, 2.05) is 0 Å². The van der Waals surface area contributed by atoms with Gasteiger partial charge in [0, 0.05) is 18.7 Å². The van der Waals surface area contributed by atoms with Gasteiger partial charge in [-0.3, -0.25) is 9.59 Å². The Morgan fingerprint density at radius 3 is 2.60 bits per heavy atom. The molecule has 0 unspecified atom stereocenters. The maximum atomic E-state index is 13.2. The highest BCUT2D eigenvalue weighted by Gasteiger charge is 2.17. The van der Waals surface area contributed by atoms with Gasteiger partial charge in [0.15, 0.2) is 0 Å². The fourth-order valence-corrected chi connectivity index (χ4v) is 2.18. The zero-order chi connectivity index (χ0) is 14.5. The van der Waals surface area contributed by atoms with Crippen LogP contribution in [-0.4, -0.2) is 36.3 Å². The monoisotopic (exact) mass is 279 g/mol. The molecule has 0 radical (unpaired) electrons. The maximum absolute atomic E-state index is 13.2. The molecule has 2 rings (SSSR count). The van der Waals surface area contributed by atoms with E-state index < -0.39 is 11.7 Å². The standard InChI is InChI=1S/C14H18FN3O2/c15-11-8-10(4-5-12(11)16)14(20)17-9-13(19)18-6-2-1-3-7-18/h4-5,8H,1-3,6-7,9,16H2,(H,17,20). The minimum Gasteiger partial charge on any atom is -0.396 e. The van der Waals surface area contributed by atoms with Crippen LogP contribution in [0.25, 0.3) is 0 Å². The van der Waals surface area contributed by atoms with E-state index in [-0.39, 0.29) is 23.7 Å². The molecule has 0 bridgehead atoms. The molecular weight excluding hydrogens is 261 g/mol. The molecule has 1 aliphatic heterocycles. The number of hydrogen-bond donors (Lipinski definition) is 2. The summed E-state index contributed by atoms with van der Waals surface area (Å²) in [4.78, 5) is 25.4. The van der Waals surface area contributed by atoms with Crippen LogP contribution < -0.4 is 11.1 Å². The Bertz CT molecular complexity index is 513. The van der Waals surface area contributed by atoms with Crippen molar-refractivity contribution in [2.24, 2.45) is 0 Å². The summed E-state index contributed by atoms with van der Waals surface area (Å²) in [5, 5.41) is 2.51. The second-order valence-electron chi connectivity index (χ2n) is 4.86. The largest absolute Gasteiger partial charge is 0.396 e. The SMILES string of the molecule is Nc1ccc(C(=O)NCC(=O)N2CCCCC2)cc1F. The molecule has 0 aliphatic carbocycles. The number of rotatable bonds is 3. The second kappa shape index (κ2) is 6.36. The quantitative estimate of drug-likeness (QED) is 0.815. The Balaban J connectivity index is 1.88. The van der Waals surface area contributed by atoms with Gasteiger partial charge < -0.3 is 16.0 Å². The highest BCUT2D eigenvalue weighted by molar-refractivity contribution is 5.96. The maximum Gasteiger partial charge on any atom is 0.251 e. The Kier molecular flexibility index (Phi) is 4.55. The summed E-state index contributed by atoms with van der Waals surface area (Å²) < 4.78 is 13.2. The molecule has 20 heavy (non-hydrogen) atoms. The molecule has 1 fully saturated rings. The first kappa shape index (κ1) is 14.3. The average Bonchev–Trinajstić information content (AvgIpc) is 2.48. The minimum absolute atomic E-state index is 0.00839. The number of amides is 2. The molecule has 6 heteroatoms. The molecule has 1 aliphatic rings. The van der Waals surface area contributed by atoms with Crippen molar-refractivity contribution >= 4 is 17.5 Å². The number of likely N-dealkylation sites (tertiary alicyclic amines) is 1. The zero-order valence-corrected chi connectivity index (χ0v) is 11.2. The molecule has 5 nitrogen and oxygen atoms in total. The summed E-state index contributed by atoms with van der Waals surface area (Å²) >= 11 is 0. The van der Waals surface area contributed by atoms with Gasteiger partial charge in [-0.05, 0) is 37.5 Å². The number of piperidine rings is 1. The van der Waals surface area contributed by atoms with E-state index in [9.17, 15) is 14.0 Å². The van der Waals surface area contributed by atoms with Crippen LogP contribution in [0.3, 0.4) is 0 Å². The lowest BCUT2D eigenvalue weighted by molar-refractivity contribution is -0.130. The lowest BCUT2D eigenvalue weighted by atomic mass is 10.1. The third-order valence-corrected chi connectivity index (χ3v) is 3.37. The molecule has 0 spiro atoms. The van der Waals surface area contributed by atoms with E-state index in [2.05, 4.69) is 5.32 Å². The zero-order valence-electron chi connectivity index (χ0n) is 11.2. The Morgan fingerprint density at radius 2 is 1.95 bits per heavy atom. The molecular formula is C14H18FN3O2. The van der Waals surface area contributed by atoms with E-state index in [1.165, 1.54) is 12.1 Å². The van der Waals surface area contributed by atoms with E-state index in [0.29, 0.717) is 0 Å². The summed E-state index contributed by atoms with van der Waals surface area (Å²) in [6, 6.07) is 3.83. The number of nitrogens with two attached hydrogens (primary N) is 1. The van der Waals surface area contributed by atoms with Gasteiger partial charge in [0.1, 0.15) is 5.82 Å². The Hall–Kier alpha value is -2.11. The van der Waals surface area contributed by atoms with Crippen molar-refractivity contribution in [3.05, 3.63) is 29.6 Å². The molecule has 3 N–H and O–H groups in total. The second-order valence-corrected chi connectivity index (χ2v) is 4.86. The number of nitrogen functional groups attached to an aromatic ring is 1. The van der Waals surface area contributed by atoms with E-state index in [4.69, 9.17) is 5.73 Å². The minimum atomic E-state index is -0.639.